The average Bonchev–Trinajstić information content (AvgIpc) is 2.93. The number of nitrogens with zero attached hydrogens (tertiary/aromatic N) is 2. The standard InChI is InChI=1S/C30H37N5O3/c1-21(2)20-31-29(36)24-19-23(32-30(37)33-25-10-6-5-9-22(25)3)13-14-26(24)34-15-17-35(18-16-34)27-11-7-8-12-28(27)38-4/h5-14,19,21H,15-18,20H2,1-4H3,(H,31,36)(H2,32,33,37). The molecule has 38 heavy (non-hydrogen) atoms. The molecule has 0 atom stereocenters. The molecule has 1 aliphatic heterocycles. The molecule has 0 aromatic heterocycles. The molecule has 1 aliphatic rings. The van der Waals surface area contributed by atoms with Crippen LogP contribution in [0.2, 0.25) is 0 Å². The van der Waals surface area contributed by atoms with Gasteiger partial charge in [0.05, 0.1) is 18.4 Å². The van der Waals surface area contributed by atoms with E-state index in [9.17, 15) is 9.59 Å². The highest BCUT2D eigenvalue weighted by Gasteiger charge is 2.24. The minimum Gasteiger partial charge on any atom is -0.495 e. The molecule has 0 radical (unpaired) electrons. The molecule has 200 valence electrons. The van der Waals surface area contributed by atoms with Crippen LogP contribution in [0, 0.1) is 12.8 Å². The molecule has 1 fully saturated rings. The summed E-state index contributed by atoms with van der Waals surface area (Å²) in [4.78, 5) is 30.5. The van der Waals surface area contributed by atoms with Gasteiger partial charge in [0.15, 0.2) is 0 Å². The van der Waals surface area contributed by atoms with Crippen molar-refractivity contribution in [3.05, 3.63) is 77.9 Å². The Kier molecular flexibility index (Phi) is 8.73. The van der Waals surface area contributed by atoms with Crippen LogP contribution in [0.25, 0.3) is 0 Å². The molecular formula is C30H37N5O3. The Balaban J connectivity index is 1.51. The first-order valence-electron chi connectivity index (χ1n) is 13.0. The Morgan fingerprint density at radius 2 is 1.53 bits per heavy atom. The molecule has 0 unspecified atom stereocenters. The molecule has 0 saturated carbocycles. The number of hydrogen-bond acceptors (Lipinski definition) is 5. The van der Waals surface area contributed by atoms with E-state index in [-0.39, 0.29) is 11.9 Å². The summed E-state index contributed by atoms with van der Waals surface area (Å²) in [7, 11) is 1.69. The Hall–Kier alpha value is -4.20. The molecule has 3 amide bonds. The zero-order valence-corrected chi connectivity index (χ0v) is 22.6. The molecule has 8 heteroatoms. The van der Waals surface area contributed by atoms with Gasteiger partial charge >= 0.3 is 6.03 Å². The van der Waals surface area contributed by atoms with Crippen molar-refractivity contribution in [2.24, 2.45) is 5.92 Å². The van der Waals surface area contributed by atoms with E-state index in [2.05, 4.69) is 45.7 Å². The van der Waals surface area contributed by atoms with Gasteiger partial charge in [-0.3, -0.25) is 4.79 Å². The van der Waals surface area contributed by atoms with Crippen LogP contribution in [0.15, 0.2) is 66.7 Å². The minimum absolute atomic E-state index is 0.149. The number of methoxy groups -OCH3 is 1. The topological polar surface area (TPSA) is 85.9 Å². The first-order chi connectivity index (χ1) is 18.4. The number of anilines is 4. The van der Waals surface area contributed by atoms with Crippen molar-refractivity contribution >= 4 is 34.7 Å². The van der Waals surface area contributed by atoms with E-state index in [0.29, 0.717) is 23.7 Å². The quantitative estimate of drug-likeness (QED) is 0.376. The molecule has 0 aliphatic carbocycles. The highest BCUT2D eigenvalue weighted by Crippen LogP contribution is 2.31. The first-order valence-corrected chi connectivity index (χ1v) is 13.0. The van der Waals surface area contributed by atoms with Crippen LogP contribution in [-0.2, 0) is 0 Å². The van der Waals surface area contributed by atoms with Gasteiger partial charge in [-0.1, -0.05) is 44.2 Å². The largest absolute Gasteiger partial charge is 0.495 e. The fraction of sp³-hybridized carbons (Fsp3) is 0.333. The van der Waals surface area contributed by atoms with Crippen molar-refractivity contribution in [2.45, 2.75) is 20.8 Å². The Morgan fingerprint density at radius 1 is 0.868 bits per heavy atom. The maximum absolute atomic E-state index is 13.3. The van der Waals surface area contributed by atoms with Crippen molar-refractivity contribution < 1.29 is 14.3 Å². The second-order valence-electron chi connectivity index (χ2n) is 9.88. The highest BCUT2D eigenvalue weighted by molar-refractivity contribution is 6.04. The number of nitrogens with one attached hydrogen (secondary N) is 3. The monoisotopic (exact) mass is 515 g/mol. The third-order valence-electron chi connectivity index (χ3n) is 6.61. The summed E-state index contributed by atoms with van der Waals surface area (Å²) in [6, 6.07) is 20.8. The number of ether oxygens (including phenoxy) is 1. The van der Waals surface area contributed by atoms with Gasteiger partial charge in [0, 0.05) is 49.8 Å². The van der Waals surface area contributed by atoms with Gasteiger partial charge in [-0.15, -0.1) is 0 Å². The van der Waals surface area contributed by atoms with Gasteiger partial charge in [-0.05, 0) is 54.8 Å². The predicted molar refractivity (Wildman–Crippen MR) is 155 cm³/mol. The van der Waals surface area contributed by atoms with Crippen LogP contribution in [0.5, 0.6) is 5.75 Å². The van der Waals surface area contributed by atoms with Gasteiger partial charge in [0.2, 0.25) is 0 Å². The number of hydrogen-bond donors (Lipinski definition) is 3. The van der Waals surface area contributed by atoms with Gasteiger partial charge < -0.3 is 30.5 Å². The lowest BCUT2D eigenvalue weighted by molar-refractivity contribution is 0.0949. The van der Waals surface area contributed by atoms with Crippen molar-refractivity contribution in [1.29, 1.82) is 0 Å². The van der Waals surface area contributed by atoms with Crippen LogP contribution in [-0.4, -0.2) is 51.8 Å². The zero-order chi connectivity index (χ0) is 27.1. The van der Waals surface area contributed by atoms with Crippen LogP contribution in [0.3, 0.4) is 0 Å². The number of amides is 3. The molecule has 0 spiro atoms. The van der Waals surface area contributed by atoms with Crippen LogP contribution in [0.4, 0.5) is 27.5 Å². The second kappa shape index (κ2) is 12.4. The fourth-order valence-electron chi connectivity index (χ4n) is 4.54. The van der Waals surface area contributed by atoms with E-state index in [1.54, 1.807) is 13.2 Å². The van der Waals surface area contributed by atoms with E-state index in [0.717, 1.165) is 54.6 Å². The average molecular weight is 516 g/mol. The lowest BCUT2D eigenvalue weighted by Crippen LogP contribution is -2.47. The Morgan fingerprint density at radius 3 is 2.21 bits per heavy atom. The number of piperazine rings is 1. The third-order valence-corrected chi connectivity index (χ3v) is 6.61. The SMILES string of the molecule is COc1ccccc1N1CCN(c2ccc(NC(=O)Nc3ccccc3C)cc2C(=O)NCC(C)C)CC1. The number of aryl methyl sites for hydroxylation is 1. The molecule has 1 saturated heterocycles. The van der Waals surface area contributed by atoms with Gasteiger partial charge in [-0.2, -0.15) is 0 Å². The third kappa shape index (κ3) is 6.56. The molecule has 4 rings (SSSR count). The summed E-state index contributed by atoms with van der Waals surface area (Å²) in [5.74, 6) is 1.03. The zero-order valence-electron chi connectivity index (χ0n) is 22.6. The molecule has 3 aromatic carbocycles. The van der Waals surface area contributed by atoms with E-state index in [1.807, 2.05) is 61.5 Å². The molecular weight excluding hydrogens is 478 g/mol. The van der Waals surface area contributed by atoms with Crippen LogP contribution < -0.4 is 30.5 Å². The van der Waals surface area contributed by atoms with Crippen molar-refractivity contribution in [2.75, 3.05) is 60.3 Å². The van der Waals surface area contributed by atoms with Gasteiger partial charge in [0.1, 0.15) is 5.75 Å². The van der Waals surface area contributed by atoms with Gasteiger partial charge in [0.25, 0.3) is 5.91 Å². The number of carbonyl (C=O) groups excluding carboxylic acids is 2. The van der Waals surface area contributed by atoms with Crippen molar-refractivity contribution in [1.82, 2.24) is 5.32 Å². The fourth-order valence-corrected chi connectivity index (χ4v) is 4.54. The summed E-state index contributed by atoms with van der Waals surface area (Å²) in [5.41, 5.74) is 4.75. The summed E-state index contributed by atoms with van der Waals surface area (Å²) in [6.07, 6.45) is 0. The Labute approximate surface area is 225 Å². The van der Waals surface area contributed by atoms with E-state index >= 15 is 0 Å². The number of urea groups is 1. The molecule has 1 heterocycles. The highest BCUT2D eigenvalue weighted by atomic mass is 16.5. The smallest absolute Gasteiger partial charge is 0.323 e. The lowest BCUT2D eigenvalue weighted by atomic mass is 10.1. The van der Waals surface area contributed by atoms with Crippen LogP contribution in [0.1, 0.15) is 29.8 Å². The number of benzene rings is 3. The number of carbonyl (C=O) groups is 2. The van der Waals surface area contributed by atoms with E-state index in [1.165, 1.54) is 0 Å². The lowest BCUT2D eigenvalue weighted by Gasteiger charge is -2.38. The maximum atomic E-state index is 13.3. The van der Waals surface area contributed by atoms with Crippen molar-refractivity contribution in [3.63, 3.8) is 0 Å². The molecule has 3 aromatic rings. The van der Waals surface area contributed by atoms with Gasteiger partial charge in [-0.25, -0.2) is 4.79 Å². The van der Waals surface area contributed by atoms with E-state index < -0.39 is 0 Å². The molecule has 8 nitrogen and oxygen atoms in total. The minimum atomic E-state index is -0.356. The summed E-state index contributed by atoms with van der Waals surface area (Å²) in [6.45, 7) is 9.74. The summed E-state index contributed by atoms with van der Waals surface area (Å²) < 4.78 is 5.55. The predicted octanol–water partition coefficient (Wildman–Crippen LogP) is 5.36. The van der Waals surface area contributed by atoms with Crippen LogP contribution >= 0.6 is 0 Å². The second-order valence-corrected chi connectivity index (χ2v) is 9.88. The first kappa shape index (κ1) is 26.9. The summed E-state index contributed by atoms with van der Waals surface area (Å²) in [5, 5.41) is 8.79. The van der Waals surface area contributed by atoms with E-state index in [4.69, 9.17) is 4.74 Å². The van der Waals surface area contributed by atoms with Crippen molar-refractivity contribution in [3.8, 4) is 5.75 Å². The Bertz CT molecular complexity index is 1270. The molecule has 3 N–H and O–H groups in total. The maximum Gasteiger partial charge on any atom is 0.323 e. The number of rotatable bonds is 8. The molecule has 0 bridgehead atoms. The normalized spacial score (nSPS) is 13.3. The summed E-state index contributed by atoms with van der Waals surface area (Å²) >= 11 is 0. The number of para-hydroxylation sites is 3.